The molecule has 0 fully saturated rings. The summed E-state index contributed by atoms with van der Waals surface area (Å²) in [5.74, 6) is -1.49. The highest BCUT2D eigenvalue weighted by atomic mass is 35.5. The molecule has 0 bridgehead atoms. The number of rotatable bonds is 4. The quantitative estimate of drug-likeness (QED) is 0.916. The maximum Gasteiger partial charge on any atom is 0.417 e. The van der Waals surface area contributed by atoms with Crippen molar-refractivity contribution in [3.8, 4) is 0 Å². The van der Waals surface area contributed by atoms with Crippen molar-refractivity contribution in [2.45, 2.75) is 11.1 Å². The standard InChI is InChI=1S/C10H9ClF3NO4S/c1-15(5-9(16)17)20(18,19)8-3-2-6(11)4-7(8)10(12,13)14/h2-4H,5H2,1H3,(H,16,17). The molecule has 0 unspecified atom stereocenters. The van der Waals surface area contributed by atoms with Crippen LogP contribution >= 0.6 is 11.6 Å². The summed E-state index contributed by atoms with van der Waals surface area (Å²) in [5.41, 5.74) is -1.44. The van der Waals surface area contributed by atoms with E-state index in [0.717, 1.165) is 13.1 Å². The lowest BCUT2D eigenvalue weighted by Gasteiger charge is -2.19. The molecule has 0 heterocycles. The molecule has 0 spiro atoms. The van der Waals surface area contributed by atoms with Gasteiger partial charge < -0.3 is 5.11 Å². The van der Waals surface area contributed by atoms with Crippen LogP contribution in [0.4, 0.5) is 13.2 Å². The fourth-order valence-electron chi connectivity index (χ4n) is 1.39. The molecule has 20 heavy (non-hydrogen) atoms. The summed E-state index contributed by atoms with van der Waals surface area (Å²) in [6.07, 6.45) is -4.93. The van der Waals surface area contributed by atoms with Crippen LogP contribution in [-0.4, -0.2) is 37.4 Å². The second-order valence-corrected chi connectivity index (χ2v) is 6.24. The van der Waals surface area contributed by atoms with Crippen molar-refractivity contribution in [1.29, 1.82) is 0 Å². The van der Waals surface area contributed by atoms with Crippen LogP contribution < -0.4 is 0 Å². The van der Waals surface area contributed by atoms with Crippen molar-refractivity contribution >= 4 is 27.6 Å². The van der Waals surface area contributed by atoms with Gasteiger partial charge in [-0.2, -0.15) is 17.5 Å². The predicted molar refractivity (Wildman–Crippen MR) is 63.9 cm³/mol. The van der Waals surface area contributed by atoms with Crippen LogP contribution in [0.25, 0.3) is 0 Å². The molecule has 1 aromatic rings. The van der Waals surface area contributed by atoms with Crippen LogP contribution in [0.1, 0.15) is 5.56 Å². The number of sulfonamides is 1. The Morgan fingerprint density at radius 1 is 1.40 bits per heavy atom. The van der Waals surface area contributed by atoms with Crippen molar-refractivity contribution in [2.75, 3.05) is 13.6 Å². The highest BCUT2D eigenvalue weighted by Gasteiger charge is 2.38. The van der Waals surface area contributed by atoms with Crippen molar-refractivity contribution < 1.29 is 31.5 Å². The highest BCUT2D eigenvalue weighted by Crippen LogP contribution is 2.36. The van der Waals surface area contributed by atoms with Crippen LogP contribution in [0, 0.1) is 0 Å². The molecule has 0 saturated heterocycles. The number of carboxylic acids is 1. The Morgan fingerprint density at radius 2 is 1.95 bits per heavy atom. The molecule has 0 radical (unpaired) electrons. The van der Waals surface area contributed by atoms with E-state index in [4.69, 9.17) is 16.7 Å². The monoisotopic (exact) mass is 331 g/mol. The minimum Gasteiger partial charge on any atom is -0.480 e. The molecule has 1 N–H and O–H groups in total. The van der Waals surface area contributed by atoms with Crippen LogP contribution in [0.3, 0.4) is 0 Å². The maximum atomic E-state index is 12.8. The number of hydrogen-bond acceptors (Lipinski definition) is 3. The number of likely N-dealkylation sites (N-methyl/N-ethyl adjacent to an activating group) is 1. The number of hydrogen-bond donors (Lipinski definition) is 1. The molecule has 0 amide bonds. The average molecular weight is 332 g/mol. The molecule has 0 atom stereocenters. The van der Waals surface area contributed by atoms with Gasteiger partial charge in [-0.15, -0.1) is 0 Å². The lowest BCUT2D eigenvalue weighted by Crippen LogP contribution is -2.33. The van der Waals surface area contributed by atoms with Gasteiger partial charge in [-0.3, -0.25) is 4.79 Å². The van der Waals surface area contributed by atoms with Gasteiger partial charge in [0.1, 0.15) is 6.54 Å². The molecule has 112 valence electrons. The summed E-state index contributed by atoms with van der Waals surface area (Å²) in [6, 6.07) is 2.15. The van der Waals surface area contributed by atoms with Gasteiger partial charge in [0.2, 0.25) is 10.0 Å². The zero-order valence-electron chi connectivity index (χ0n) is 9.98. The van der Waals surface area contributed by atoms with Crippen molar-refractivity contribution in [1.82, 2.24) is 4.31 Å². The molecule has 0 aromatic heterocycles. The van der Waals surface area contributed by atoms with Gasteiger partial charge >= 0.3 is 12.1 Å². The summed E-state index contributed by atoms with van der Waals surface area (Å²) < 4.78 is 62.7. The Hall–Kier alpha value is -1.32. The zero-order valence-corrected chi connectivity index (χ0v) is 11.6. The third kappa shape index (κ3) is 3.62. The van der Waals surface area contributed by atoms with E-state index in [2.05, 4.69) is 0 Å². The van der Waals surface area contributed by atoms with E-state index in [0.29, 0.717) is 16.4 Å². The topological polar surface area (TPSA) is 74.7 Å². The lowest BCUT2D eigenvalue weighted by atomic mass is 10.2. The predicted octanol–water partition coefficient (Wildman–Crippen LogP) is 2.06. The average Bonchev–Trinajstić information content (AvgIpc) is 2.26. The smallest absolute Gasteiger partial charge is 0.417 e. The molecular formula is C10H9ClF3NO4S. The molecular weight excluding hydrogens is 323 g/mol. The third-order valence-electron chi connectivity index (χ3n) is 2.29. The van der Waals surface area contributed by atoms with Gasteiger partial charge in [0.25, 0.3) is 0 Å². The van der Waals surface area contributed by atoms with Crippen LogP contribution in [0.15, 0.2) is 23.1 Å². The van der Waals surface area contributed by atoms with Crippen LogP contribution in [-0.2, 0) is 21.0 Å². The second-order valence-electron chi connectivity index (χ2n) is 3.79. The number of aliphatic carboxylic acids is 1. The Bertz CT molecular complexity index is 630. The van der Waals surface area contributed by atoms with Gasteiger partial charge in [0.05, 0.1) is 10.5 Å². The minimum absolute atomic E-state index is 0.280. The van der Waals surface area contributed by atoms with Gasteiger partial charge in [-0.1, -0.05) is 11.6 Å². The molecule has 0 saturated carbocycles. The van der Waals surface area contributed by atoms with Crippen LogP contribution in [0.5, 0.6) is 0 Å². The fourth-order valence-corrected chi connectivity index (χ4v) is 2.87. The number of nitrogens with zero attached hydrogens (tertiary/aromatic N) is 1. The normalized spacial score (nSPS) is 12.7. The first-order valence-corrected chi connectivity index (χ1v) is 6.83. The minimum atomic E-state index is -4.93. The first-order valence-electron chi connectivity index (χ1n) is 5.01. The lowest BCUT2D eigenvalue weighted by molar-refractivity contribution is -0.139. The van der Waals surface area contributed by atoms with E-state index in [9.17, 15) is 26.4 Å². The molecule has 10 heteroatoms. The third-order valence-corrected chi connectivity index (χ3v) is 4.39. The Kier molecular flexibility index (Phi) is 4.67. The summed E-state index contributed by atoms with van der Waals surface area (Å²) >= 11 is 5.43. The van der Waals surface area contributed by atoms with E-state index >= 15 is 0 Å². The molecule has 5 nitrogen and oxygen atoms in total. The first kappa shape index (κ1) is 16.7. The van der Waals surface area contributed by atoms with Crippen molar-refractivity contribution in [3.63, 3.8) is 0 Å². The number of halogens is 4. The maximum absolute atomic E-state index is 12.8. The number of carbonyl (C=O) groups is 1. The Labute approximate surface area is 117 Å². The molecule has 1 rings (SSSR count). The number of alkyl halides is 3. The highest BCUT2D eigenvalue weighted by molar-refractivity contribution is 7.89. The second kappa shape index (κ2) is 5.58. The molecule has 0 aliphatic rings. The first-order chi connectivity index (χ1) is 8.96. The Morgan fingerprint density at radius 3 is 2.40 bits per heavy atom. The fraction of sp³-hybridized carbons (Fsp3) is 0.300. The van der Waals surface area contributed by atoms with E-state index in [1.54, 1.807) is 0 Å². The van der Waals surface area contributed by atoms with Gasteiger partial charge in [-0.25, -0.2) is 8.42 Å². The van der Waals surface area contributed by atoms with E-state index in [1.807, 2.05) is 0 Å². The molecule has 0 aliphatic carbocycles. The van der Waals surface area contributed by atoms with Crippen molar-refractivity contribution in [3.05, 3.63) is 28.8 Å². The number of carboxylic acid groups (broad SMARTS) is 1. The zero-order chi connectivity index (χ0) is 15.7. The Balaban J connectivity index is 3.43. The SMILES string of the molecule is CN(CC(=O)O)S(=O)(=O)c1ccc(Cl)cc1C(F)(F)F. The van der Waals surface area contributed by atoms with Crippen LogP contribution in [0.2, 0.25) is 5.02 Å². The summed E-state index contributed by atoms with van der Waals surface area (Å²) in [4.78, 5) is 9.43. The summed E-state index contributed by atoms with van der Waals surface area (Å²) in [6.45, 7) is -0.956. The van der Waals surface area contributed by atoms with E-state index in [1.165, 1.54) is 0 Å². The largest absolute Gasteiger partial charge is 0.480 e. The molecule has 0 aliphatic heterocycles. The van der Waals surface area contributed by atoms with E-state index < -0.39 is 39.2 Å². The summed E-state index contributed by atoms with van der Waals surface area (Å²) in [5, 5.41) is 8.24. The van der Waals surface area contributed by atoms with E-state index in [-0.39, 0.29) is 5.02 Å². The number of benzene rings is 1. The van der Waals surface area contributed by atoms with Gasteiger partial charge in [0.15, 0.2) is 0 Å². The van der Waals surface area contributed by atoms with Gasteiger partial charge in [0, 0.05) is 12.1 Å². The molecule has 1 aromatic carbocycles. The van der Waals surface area contributed by atoms with Crippen molar-refractivity contribution in [2.24, 2.45) is 0 Å². The summed E-state index contributed by atoms with van der Waals surface area (Å²) in [7, 11) is -3.72. The van der Waals surface area contributed by atoms with Gasteiger partial charge in [-0.05, 0) is 18.2 Å².